The second kappa shape index (κ2) is 8.17. The molecule has 0 saturated carbocycles. The minimum Gasteiger partial charge on any atom is -0.356 e. The molecular weight excluding hydrogens is 330 g/mol. The molecule has 3 rings (SSSR count). The van der Waals surface area contributed by atoms with Crippen LogP contribution >= 0.6 is 0 Å². The minimum absolute atomic E-state index is 0.106. The normalized spacial score (nSPS) is 22.4. The van der Waals surface area contributed by atoms with Gasteiger partial charge >= 0.3 is 6.03 Å². The Kier molecular flexibility index (Phi) is 5.71. The second-order valence-corrected chi connectivity index (χ2v) is 6.89. The van der Waals surface area contributed by atoms with Crippen molar-refractivity contribution in [3.63, 3.8) is 0 Å². The molecule has 3 N–H and O–H groups in total. The van der Waals surface area contributed by atoms with Crippen molar-refractivity contribution in [3.8, 4) is 0 Å². The molecule has 6 nitrogen and oxygen atoms in total. The van der Waals surface area contributed by atoms with Crippen LogP contribution in [0.3, 0.4) is 0 Å². The lowest BCUT2D eigenvalue weighted by Gasteiger charge is -2.26. The molecule has 1 heterocycles. The zero-order chi connectivity index (χ0) is 18.4. The predicted octanol–water partition coefficient (Wildman–Crippen LogP) is 2.51. The fourth-order valence-electron chi connectivity index (χ4n) is 3.62. The van der Waals surface area contributed by atoms with E-state index in [1.807, 2.05) is 18.2 Å². The third kappa shape index (κ3) is 4.12. The van der Waals surface area contributed by atoms with Crippen molar-refractivity contribution < 1.29 is 14.4 Å². The van der Waals surface area contributed by atoms with Crippen molar-refractivity contribution in [2.75, 3.05) is 6.54 Å². The van der Waals surface area contributed by atoms with Crippen LogP contribution < -0.4 is 16.0 Å². The third-order valence-electron chi connectivity index (χ3n) is 5.09. The summed E-state index contributed by atoms with van der Waals surface area (Å²) in [5, 5.41) is 7.92. The SMILES string of the molecule is O=C(CCC1(c2ccccc2)NC(=O)NC1=O)NCCC1=CCCCC1. The molecule has 0 aromatic heterocycles. The molecule has 1 unspecified atom stereocenters. The fraction of sp³-hybridized carbons (Fsp3) is 0.450. The molecule has 1 aromatic rings. The van der Waals surface area contributed by atoms with Gasteiger partial charge in [0.25, 0.3) is 5.91 Å². The Hall–Kier alpha value is -2.63. The average molecular weight is 355 g/mol. The molecule has 0 radical (unpaired) electrons. The Bertz CT molecular complexity index is 714. The summed E-state index contributed by atoms with van der Waals surface area (Å²) in [6, 6.07) is 8.53. The number of allylic oxidation sites excluding steroid dienone is 1. The lowest BCUT2D eigenvalue weighted by atomic mass is 9.85. The Morgan fingerprint density at radius 1 is 1.15 bits per heavy atom. The highest BCUT2D eigenvalue weighted by Crippen LogP contribution is 2.30. The van der Waals surface area contributed by atoms with Crippen LogP contribution in [0.15, 0.2) is 42.0 Å². The summed E-state index contributed by atoms with van der Waals surface area (Å²) in [7, 11) is 0. The third-order valence-corrected chi connectivity index (χ3v) is 5.09. The molecular formula is C20H25N3O3. The van der Waals surface area contributed by atoms with E-state index in [9.17, 15) is 14.4 Å². The van der Waals surface area contributed by atoms with Gasteiger partial charge in [-0.3, -0.25) is 14.9 Å². The highest BCUT2D eigenvalue weighted by Gasteiger charge is 2.47. The number of hydrogen-bond acceptors (Lipinski definition) is 3. The Labute approximate surface area is 153 Å². The Morgan fingerprint density at radius 2 is 1.96 bits per heavy atom. The molecule has 1 fully saturated rings. The summed E-state index contributed by atoms with van der Waals surface area (Å²) in [5.74, 6) is -0.514. The van der Waals surface area contributed by atoms with Gasteiger partial charge in [-0.05, 0) is 44.1 Å². The monoisotopic (exact) mass is 355 g/mol. The van der Waals surface area contributed by atoms with E-state index >= 15 is 0 Å². The van der Waals surface area contributed by atoms with Gasteiger partial charge < -0.3 is 10.6 Å². The van der Waals surface area contributed by atoms with Crippen LogP contribution in [0, 0.1) is 0 Å². The number of rotatable bonds is 7. The number of nitrogens with one attached hydrogen (secondary N) is 3. The quantitative estimate of drug-likeness (QED) is 0.519. The van der Waals surface area contributed by atoms with Crippen molar-refractivity contribution in [2.45, 2.75) is 50.5 Å². The van der Waals surface area contributed by atoms with Crippen LogP contribution in [-0.4, -0.2) is 24.4 Å². The molecule has 4 amide bonds. The van der Waals surface area contributed by atoms with Gasteiger partial charge in [0.1, 0.15) is 5.54 Å². The number of benzene rings is 1. The highest BCUT2D eigenvalue weighted by molar-refractivity contribution is 6.07. The lowest BCUT2D eigenvalue weighted by molar-refractivity contribution is -0.125. The van der Waals surface area contributed by atoms with Crippen LogP contribution in [0.25, 0.3) is 0 Å². The van der Waals surface area contributed by atoms with Gasteiger partial charge in [-0.1, -0.05) is 42.0 Å². The lowest BCUT2D eigenvalue weighted by Crippen LogP contribution is -2.44. The van der Waals surface area contributed by atoms with E-state index in [1.165, 1.54) is 18.4 Å². The smallest absolute Gasteiger partial charge is 0.322 e. The van der Waals surface area contributed by atoms with Crippen molar-refractivity contribution in [1.82, 2.24) is 16.0 Å². The van der Waals surface area contributed by atoms with E-state index in [4.69, 9.17) is 0 Å². The number of amides is 4. The van der Waals surface area contributed by atoms with Gasteiger partial charge in [0.15, 0.2) is 0 Å². The number of hydrogen-bond donors (Lipinski definition) is 3. The Balaban J connectivity index is 1.56. The first-order chi connectivity index (χ1) is 12.6. The van der Waals surface area contributed by atoms with Gasteiger partial charge in [0.05, 0.1) is 0 Å². The van der Waals surface area contributed by atoms with E-state index < -0.39 is 17.5 Å². The summed E-state index contributed by atoms with van der Waals surface area (Å²) in [4.78, 5) is 36.3. The molecule has 1 aliphatic heterocycles. The van der Waals surface area contributed by atoms with Crippen LogP contribution in [-0.2, 0) is 15.1 Å². The number of carbonyl (C=O) groups is 3. The summed E-state index contributed by atoms with van der Waals surface area (Å²) < 4.78 is 0. The average Bonchev–Trinajstić information content (AvgIpc) is 2.96. The molecule has 6 heteroatoms. The number of urea groups is 1. The maximum atomic E-state index is 12.4. The summed E-state index contributed by atoms with van der Waals surface area (Å²) in [6.07, 6.45) is 8.30. The number of imide groups is 1. The molecule has 0 spiro atoms. The Morgan fingerprint density at radius 3 is 2.62 bits per heavy atom. The van der Waals surface area contributed by atoms with Crippen molar-refractivity contribution >= 4 is 17.8 Å². The second-order valence-electron chi connectivity index (χ2n) is 6.89. The van der Waals surface area contributed by atoms with Gasteiger partial charge in [-0.15, -0.1) is 0 Å². The van der Waals surface area contributed by atoms with Crippen LogP contribution in [0.2, 0.25) is 0 Å². The van der Waals surface area contributed by atoms with E-state index in [0.29, 0.717) is 12.1 Å². The molecule has 0 bridgehead atoms. The minimum atomic E-state index is -1.18. The van der Waals surface area contributed by atoms with Gasteiger partial charge in [0.2, 0.25) is 5.91 Å². The van der Waals surface area contributed by atoms with E-state index in [-0.39, 0.29) is 18.7 Å². The van der Waals surface area contributed by atoms with Gasteiger partial charge in [-0.25, -0.2) is 4.79 Å². The van der Waals surface area contributed by atoms with E-state index in [0.717, 1.165) is 19.3 Å². The predicted molar refractivity (Wildman–Crippen MR) is 98.2 cm³/mol. The standard InChI is InChI=1S/C20H25N3O3/c24-17(21-14-12-15-7-3-1-4-8-15)11-13-20(16-9-5-2-6-10-16)18(25)22-19(26)23-20/h2,5-7,9-10H,1,3-4,8,11-14H2,(H,21,24)(H2,22,23,25,26). The fourth-order valence-corrected chi connectivity index (χ4v) is 3.62. The zero-order valence-corrected chi connectivity index (χ0v) is 14.8. The molecule has 1 saturated heterocycles. The van der Waals surface area contributed by atoms with E-state index in [1.54, 1.807) is 12.1 Å². The molecule has 1 aromatic carbocycles. The summed E-state index contributed by atoms with van der Waals surface area (Å²) in [5.41, 5.74) is 0.921. The molecule has 2 aliphatic rings. The highest BCUT2D eigenvalue weighted by atomic mass is 16.2. The van der Waals surface area contributed by atoms with Crippen molar-refractivity contribution in [3.05, 3.63) is 47.5 Å². The number of carbonyl (C=O) groups excluding carboxylic acids is 3. The van der Waals surface area contributed by atoms with Crippen molar-refractivity contribution in [1.29, 1.82) is 0 Å². The molecule has 26 heavy (non-hydrogen) atoms. The van der Waals surface area contributed by atoms with Crippen LogP contribution in [0.1, 0.15) is 50.5 Å². The zero-order valence-electron chi connectivity index (χ0n) is 14.8. The first-order valence-electron chi connectivity index (χ1n) is 9.24. The van der Waals surface area contributed by atoms with Crippen LogP contribution in [0.5, 0.6) is 0 Å². The van der Waals surface area contributed by atoms with Gasteiger partial charge in [0, 0.05) is 13.0 Å². The maximum Gasteiger partial charge on any atom is 0.322 e. The maximum absolute atomic E-state index is 12.4. The summed E-state index contributed by atoms with van der Waals surface area (Å²) in [6.45, 7) is 0.613. The first-order valence-corrected chi connectivity index (χ1v) is 9.24. The van der Waals surface area contributed by atoms with Gasteiger partial charge in [-0.2, -0.15) is 0 Å². The van der Waals surface area contributed by atoms with Crippen molar-refractivity contribution in [2.24, 2.45) is 0 Å². The largest absolute Gasteiger partial charge is 0.356 e. The topological polar surface area (TPSA) is 87.3 Å². The summed E-state index contributed by atoms with van der Waals surface area (Å²) >= 11 is 0. The molecule has 1 atom stereocenters. The van der Waals surface area contributed by atoms with E-state index in [2.05, 4.69) is 22.0 Å². The molecule has 1 aliphatic carbocycles. The van der Waals surface area contributed by atoms with Crippen LogP contribution in [0.4, 0.5) is 4.79 Å². The molecule has 138 valence electrons. The first kappa shape index (κ1) is 18.2.